The van der Waals surface area contributed by atoms with Crippen molar-refractivity contribution in [3.05, 3.63) is 52.7 Å². The number of hydrogen-bond acceptors (Lipinski definition) is 3. The second kappa shape index (κ2) is 6.32. The fraction of sp³-hybridized carbons (Fsp3) is 0.294. The van der Waals surface area contributed by atoms with Crippen molar-refractivity contribution in [3.8, 4) is 0 Å². The Morgan fingerprint density at radius 3 is 2.41 bits per heavy atom. The first-order valence-corrected chi connectivity index (χ1v) is 8.21. The summed E-state index contributed by atoms with van der Waals surface area (Å²) < 4.78 is 0. The zero-order chi connectivity index (χ0) is 15.5. The summed E-state index contributed by atoms with van der Waals surface area (Å²) in [6, 6.07) is 11.4. The van der Waals surface area contributed by atoms with Crippen molar-refractivity contribution in [2.24, 2.45) is 11.8 Å². The Bertz CT molecular complexity index is 654. The summed E-state index contributed by atoms with van der Waals surface area (Å²) >= 11 is 1.59. The van der Waals surface area contributed by atoms with Crippen LogP contribution in [0.5, 0.6) is 0 Å². The van der Waals surface area contributed by atoms with Crippen molar-refractivity contribution in [3.63, 3.8) is 0 Å². The highest BCUT2D eigenvalue weighted by molar-refractivity contribution is 7.07. The van der Waals surface area contributed by atoms with Crippen LogP contribution >= 0.6 is 11.3 Å². The number of hydrogen-bond donors (Lipinski definition) is 1. The normalized spacial score (nSPS) is 20.2. The average molecular weight is 315 g/mol. The molecule has 3 rings (SSSR count). The Labute approximate surface area is 133 Å². The SMILES string of the molecule is O=C(O)C1CCC1C(=O)N(Cc1ccsc1)c1ccccc1. The summed E-state index contributed by atoms with van der Waals surface area (Å²) in [7, 11) is 0. The molecule has 22 heavy (non-hydrogen) atoms. The fourth-order valence-electron chi connectivity index (χ4n) is 2.76. The zero-order valence-electron chi connectivity index (χ0n) is 12.0. The van der Waals surface area contributed by atoms with E-state index in [-0.39, 0.29) is 5.91 Å². The minimum absolute atomic E-state index is 0.0870. The number of carbonyl (C=O) groups excluding carboxylic acids is 1. The molecule has 5 heteroatoms. The van der Waals surface area contributed by atoms with E-state index in [2.05, 4.69) is 0 Å². The third-order valence-corrected chi connectivity index (χ3v) is 4.90. The van der Waals surface area contributed by atoms with Crippen molar-refractivity contribution >= 4 is 28.9 Å². The minimum atomic E-state index is -0.867. The van der Waals surface area contributed by atoms with Gasteiger partial charge in [0.2, 0.25) is 5.91 Å². The Balaban J connectivity index is 1.85. The molecule has 2 atom stereocenters. The fourth-order valence-corrected chi connectivity index (χ4v) is 3.42. The van der Waals surface area contributed by atoms with Gasteiger partial charge in [-0.25, -0.2) is 0 Å². The van der Waals surface area contributed by atoms with Gasteiger partial charge in [-0.1, -0.05) is 18.2 Å². The summed E-state index contributed by atoms with van der Waals surface area (Å²) in [6.07, 6.45) is 1.25. The number of nitrogens with zero attached hydrogens (tertiary/aromatic N) is 1. The molecule has 1 saturated carbocycles. The van der Waals surface area contributed by atoms with Gasteiger partial charge in [0.1, 0.15) is 0 Å². The molecule has 114 valence electrons. The summed E-state index contributed by atoms with van der Waals surface area (Å²) in [5, 5.41) is 13.2. The molecular formula is C17H17NO3S. The van der Waals surface area contributed by atoms with E-state index >= 15 is 0 Å². The first-order valence-electron chi connectivity index (χ1n) is 7.27. The lowest BCUT2D eigenvalue weighted by molar-refractivity contribution is -0.152. The first kappa shape index (κ1) is 14.8. The maximum Gasteiger partial charge on any atom is 0.307 e. The number of rotatable bonds is 5. The molecule has 1 aromatic carbocycles. The van der Waals surface area contributed by atoms with E-state index in [1.807, 2.05) is 47.2 Å². The molecule has 1 N–H and O–H groups in total. The molecule has 0 spiro atoms. The van der Waals surface area contributed by atoms with E-state index in [1.165, 1.54) is 0 Å². The van der Waals surface area contributed by atoms with Crippen LogP contribution < -0.4 is 4.90 Å². The van der Waals surface area contributed by atoms with Gasteiger partial charge in [0.05, 0.1) is 18.4 Å². The predicted molar refractivity (Wildman–Crippen MR) is 85.8 cm³/mol. The van der Waals surface area contributed by atoms with Gasteiger partial charge in [0.25, 0.3) is 0 Å². The van der Waals surface area contributed by atoms with Crippen LogP contribution in [0.15, 0.2) is 47.2 Å². The highest BCUT2D eigenvalue weighted by atomic mass is 32.1. The van der Waals surface area contributed by atoms with E-state index in [4.69, 9.17) is 0 Å². The van der Waals surface area contributed by atoms with Crippen molar-refractivity contribution < 1.29 is 14.7 Å². The lowest BCUT2D eigenvalue weighted by atomic mass is 9.73. The molecule has 2 aromatic rings. The molecule has 1 heterocycles. The van der Waals surface area contributed by atoms with Crippen LogP contribution in [0.3, 0.4) is 0 Å². The Morgan fingerprint density at radius 1 is 1.14 bits per heavy atom. The van der Waals surface area contributed by atoms with E-state index in [1.54, 1.807) is 16.2 Å². The summed E-state index contributed by atoms with van der Waals surface area (Å²) in [4.78, 5) is 25.7. The molecule has 0 aliphatic heterocycles. The predicted octanol–water partition coefficient (Wildman–Crippen LogP) is 3.39. The number of benzene rings is 1. The van der Waals surface area contributed by atoms with Gasteiger partial charge in [0.15, 0.2) is 0 Å². The van der Waals surface area contributed by atoms with Crippen molar-refractivity contribution in [1.29, 1.82) is 0 Å². The quantitative estimate of drug-likeness (QED) is 0.920. The lowest BCUT2D eigenvalue weighted by Gasteiger charge is -2.36. The van der Waals surface area contributed by atoms with Crippen LogP contribution in [-0.2, 0) is 16.1 Å². The zero-order valence-corrected chi connectivity index (χ0v) is 12.8. The monoisotopic (exact) mass is 315 g/mol. The maximum atomic E-state index is 12.8. The average Bonchev–Trinajstić information content (AvgIpc) is 2.96. The van der Waals surface area contributed by atoms with Gasteiger partial charge in [-0.05, 0) is 47.4 Å². The third-order valence-electron chi connectivity index (χ3n) is 4.16. The number of carboxylic acid groups (broad SMARTS) is 1. The molecule has 0 saturated heterocycles. The number of carbonyl (C=O) groups is 2. The molecule has 1 fully saturated rings. The van der Waals surface area contributed by atoms with E-state index < -0.39 is 17.8 Å². The van der Waals surface area contributed by atoms with E-state index in [9.17, 15) is 14.7 Å². The molecule has 0 radical (unpaired) electrons. The number of anilines is 1. The molecule has 1 amide bonds. The summed E-state index contributed by atoms with van der Waals surface area (Å²) in [5.41, 5.74) is 1.88. The van der Waals surface area contributed by atoms with Gasteiger partial charge in [-0.15, -0.1) is 0 Å². The highest BCUT2D eigenvalue weighted by Gasteiger charge is 2.43. The minimum Gasteiger partial charge on any atom is -0.481 e. The van der Waals surface area contributed by atoms with Crippen LogP contribution in [0.1, 0.15) is 18.4 Å². The largest absolute Gasteiger partial charge is 0.481 e. The number of thiophene rings is 1. The van der Waals surface area contributed by atoms with Gasteiger partial charge < -0.3 is 10.0 Å². The molecule has 2 unspecified atom stereocenters. The van der Waals surface area contributed by atoms with E-state index in [0.29, 0.717) is 19.4 Å². The van der Waals surface area contributed by atoms with Crippen molar-refractivity contribution in [2.75, 3.05) is 4.90 Å². The van der Waals surface area contributed by atoms with Gasteiger partial charge in [-0.2, -0.15) is 11.3 Å². The Hall–Kier alpha value is -2.14. The Kier molecular flexibility index (Phi) is 4.24. The van der Waals surface area contributed by atoms with Crippen LogP contribution in [0, 0.1) is 11.8 Å². The molecule has 1 aliphatic carbocycles. The molecular weight excluding hydrogens is 298 g/mol. The second-order valence-corrected chi connectivity index (χ2v) is 6.30. The van der Waals surface area contributed by atoms with Crippen LogP contribution in [-0.4, -0.2) is 17.0 Å². The van der Waals surface area contributed by atoms with Gasteiger partial charge >= 0.3 is 5.97 Å². The Morgan fingerprint density at radius 2 is 1.86 bits per heavy atom. The van der Waals surface area contributed by atoms with Gasteiger partial charge in [0, 0.05) is 5.69 Å². The smallest absolute Gasteiger partial charge is 0.307 e. The molecule has 4 nitrogen and oxygen atoms in total. The van der Waals surface area contributed by atoms with E-state index in [0.717, 1.165) is 11.3 Å². The van der Waals surface area contributed by atoms with Crippen molar-refractivity contribution in [2.45, 2.75) is 19.4 Å². The standard InChI is InChI=1S/C17H17NO3S/c19-16(14-6-7-15(14)17(20)21)18(10-12-8-9-22-11-12)13-4-2-1-3-5-13/h1-5,8-9,11,14-15H,6-7,10H2,(H,20,21). The first-order chi connectivity index (χ1) is 10.7. The third kappa shape index (κ3) is 2.90. The number of carboxylic acids is 1. The summed E-state index contributed by atoms with van der Waals surface area (Å²) in [6.45, 7) is 0.481. The molecule has 1 aromatic heterocycles. The number of aliphatic carboxylic acids is 1. The number of para-hydroxylation sites is 1. The van der Waals surface area contributed by atoms with Crippen LogP contribution in [0.25, 0.3) is 0 Å². The molecule has 0 bridgehead atoms. The van der Waals surface area contributed by atoms with Crippen LogP contribution in [0.2, 0.25) is 0 Å². The number of amides is 1. The summed E-state index contributed by atoms with van der Waals surface area (Å²) in [5.74, 6) is -1.90. The van der Waals surface area contributed by atoms with Gasteiger partial charge in [-0.3, -0.25) is 9.59 Å². The second-order valence-electron chi connectivity index (χ2n) is 5.52. The van der Waals surface area contributed by atoms with Crippen LogP contribution in [0.4, 0.5) is 5.69 Å². The topological polar surface area (TPSA) is 57.6 Å². The van der Waals surface area contributed by atoms with Crippen molar-refractivity contribution in [1.82, 2.24) is 0 Å². The highest BCUT2D eigenvalue weighted by Crippen LogP contribution is 2.37. The molecule has 1 aliphatic rings. The maximum absolute atomic E-state index is 12.8. The lowest BCUT2D eigenvalue weighted by Crippen LogP contribution is -2.46.